The number of ether oxygens (including phenoxy) is 3. The van der Waals surface area contributed by atoms with E-state index in [1.165, 1.54) is 31.2 Å². The zero-order chi connectivity index (χ0) is 21.2. The van der Waals surface area contributed by atoms with Crippen LogP contribution in [0.25, 0.3) is 6.08 Å². The lowest BCUT2D eigenvalue weighted by Gasteiger charge is -2.16. The molecular weight excluding hydrogens is 374 g/mol. The van der Waals surface area contributed by atoms with Crippen LogP contribution in [0.4, 0.5) is 0 Å². The molecule has 0 aliphatic heterocycles. The summed E-state index contributed by atoms with van der Waals surface area (Å²) >= 11 is 0. The van der Waals surface area contributed by atoms with E-state index < -0.39 is 0 Å². The summed E-state index contributed by atoms with van der Waals surface area (Å²) in [6, 6.07) is 14.4. The van der Waals surface area contributed by atoms with Gasteiger partial charge in [0.05, 0.1) is 12.2 Å². The monoisotopic (exact) mass is 409 g/mol. The van der Waals surface area contributed by atoms with Gasteiger partial charge in [0.15, 0.2) is 11.5 Å². The zero-order valence-electron chi connectivity index (χ0n) is 18.5. The van der Waals surface area contributed by atoms with Crippen molar-refractivity contribution in [2.45, 2.75) is 65.2 Å². The molecule has 2 aromatic rings. The lowest BCUT2D eigenvalue weighted by Crippen LogP contribution is -2.21. The minimum Gasteiger partial charge on any atom is -0.490 e. The number of hydrogen-bond acceptors (Lipinski definition) is 4. The van der Waals surface area contributed by atoms with Gasteiger partial charge in [0.1, 0.15) is 12.4 Å². The van der Waals surface area contributed by atoms with Crippen LogP contribution >= 0.6 is 0 Å². The molecule has 0 spiro atoms. The highest BCUT2D eigenvalue weighted by atomic mass is 16.5. The standard InChI is InChI=1S/C26H35NO3/c1-4-8-21-13-14-25(29-20(2)3)26(18-21)28-16-15-27-19-22-9-7-12-24(17-22)30-23-10-5-6-11-23/h4,7-9,12-14,17-18,20,23,27H,5-6,10-11,15-16,19H2,1-3H3/b8-4-. The molecule has 0 heterocycles. The number of benzene rings is 2. The van der Waals surface area contributed by atoms with Gasteiger partial charge >= 0.3 is 0 Å². The summed E-state index contributed by atoms with van der Waals surface area (Å²) in [6.07, 6.45) is 9.51. The average Bonchev–Trinajstić information content (AvgIpc) is 3.23. The van der Waals surface area contributed by atoms with Crippen LogP contribution in [0.2, 0.25) is 0 Å². The van der Waals surface area contributed by atoms with Crippen molar-refractivity contribution < 1.29 is 14.2 Å². The third-order valence-electron chi connectivity index (χ3n) is 5.06. The Balaban J connectivity index is 1.47. The zero-order valence-corrected chi connectivity index (χ0v) is 18.5. The Morgan fingerprint density at radius 2 is 1.90 bits per heavy atom. The molecule has 162 valence electrons. The maximum absolute atomic E-state index is 6.11. The first-order chi connectivity index (χ1) is 14.6. The SMILES string of the molecule is C/C=C\c1ccc(OC(C)C)c(OCCNCc2cccc(OC3CCCC3)c2)c1. The van der Waals surface area contributed by atoms with Crippen LogP contribution in [-0.4, -0.2) is 25.4 Å². The van der Waals surface area contributed by atoms with Crippen molar-refractivity contribution in [1.82, 2.24) is 5.32 Å². The Bertz CT molecular complexity index is 810. The lowest BCUT2D eigenvalue weighted by atomic mass is 10.2. The third-order valence-corrected chi connectivity index (χ3v) is 5.06. The summed E-state index contributed by atoms with van der Waals surface area (Å²) in [5.41, 5.74) is 2.33. The van der Waals surface area contributed by atoms with E-state index in [1.54, 1.807) is 0 Å². The summed E-state index contributed by atoms with van der Waals surface area (Å²) in [5, 5.41) is 3.46. The summed E-state index contributed by atoms with van der Waals surface area (Å²) in [6.45, 7) is 8.18. The van der Waals surface area contributed by atoms with Crippen molar-refractivity contribution in [1.29, 1.82) is 0 Å². The normalized spacial score (nSPS) is 14.5. The van der Waals surface area contributed by atoms with Crippen LogP contribution in [0.3, 0.4) is 0 Å². The van der Waals surface area contributed by atoms with Crippen LogP contribution in [0, 0.1) is 0 Å². The molecular formula is C26H35NO3. The molecule has 1 N–H and O–H groups in total. The van der Waals surface area contributed by atoms with Crippen LogP contribution in [0.5, 0.6) is 17.2 Å². The van der Waals surface area contributed by atoms with Crippen molar-refractivity contribution in [3.8, 4) is 17.2 Å². The summed E-state index contributed by atoms with van der Waals surface area (Å²) in [5.74, 6) is 2.55. The topological polar surface area (TPSA) is 39.7 Å². The summed E-state index contributed by atoms with van der Waals surface area (Å²) in [7, 11) is 0. The molecule has 30 heavy (non-hydrogen) atoms. The molecule has 0 aromatic heterocycles. The maximum Gasteiger partial charge on any atom is 0.161 e. The minimum absolute atomic E-state index is 0.108. The van der Waals surface area contributed by atoms with Crippen molar-refractivity contribution in [3.05, 3.63) is 59.7 Å². The quantitative estimate of drug-likeness (QED) is 0.462. The predicted octanol–water partition coefficient (Wildman–Crippen LogP) is 6.00. The molecule has 0 amide bonds. The van der Waals surface area contributed by atoms with E-state index in [1.807, 2.05) is 45.0 Å². The Morgan fingerprint density at radius 3 is 2.67 bits per heavy atom. The Kier molecular flexibility index (Phi) is 8.64. The molecule has 4 nitrogen and oxygen atoms in total. The van der Waals surface area contributed by atoms with Crippen molar-refractivity contribution in [2.24, 2.45) is 0 Å². The van der Waals surface area contributed by atoms with E-state index in [0.29, 0.717) is 12.7 Å². The van der Waals surface area contributed by atoms with Gasteiger partial charge in [-0.05, 0) is 81.8 Å². The van der Waals surface area contributed by atoms with Crippen molar-refractivity contribution in [3.63, 3.8) is 0 Å². The predicted molar refractivity (Wildman–Crippen MR) is 123 cm³/mol. The van der Waals surface area contributed by atoms with E-state index in [0.717, 1.165) is 35.9 Å². The average molecular weight is 410 g/mol. The van der Waals surface area contributed by atoms with Gasteiger partial charge in [-0.2, -0.15) is 0 Å². The summed E-state index contributed by atoms with van der Waals surface area (Å²) < 4.78 is 18.0. The maximum atomic E-state index is 6.11. The van der Waals surface area contributed by atoms with Crippen LogP contribution < -0.4 is 19.5 Å². The Morgan fingerprint density at radius 1 is 1.07 bits per heavy atom. The van der Waals surface area contributed by atoms with Gasteiger partial charge in [-0.1, -0.05) is 30.4 Å². The molecule has 0 atom stereocenters. The second-order valence-electron chi connectivity index (χ2n) is 8.07. The molecule has 4 heteroatoms. The molecule has 0 saturated heterocycles. The molecule has 0 bridgehead atoms. The Hall–Kier alpha value is -2.46. The van der Waals surface area contributed by atoms with Gasteiger partial charge in [-0.25, -0.2) is 0 Å². The second-order valence-corrected chi connectivity index (χ2v) is 8.07. The molecule has 1 saturated carbocycles. The van der Waals surface area contributed by atoms with E-state index in [2.05, 4.69) is 35.7 Å². The third kappa shape index (κ3) is 7.10. The highest BCUT2D eigenvalue weighted by Crippen LogP contribution is 2.30. The first-order valence-corrected chi connectivity index (χ1v) is 11.2. The van der Waals surface area contributed by atoms with Gasteiger partial charge < -0.3 is 19.5 Å². The van der Waals surface area contributed by atoms with E-state index in [9.17, 15) is 0 Å². The first kappa shape index (κ1) is 22.2. The lowest BCUT2D eigenvalue weighted by molar-refractivity contribution is 0.210. The number of rotatable bonds is 11. The highest BCUT2D eigenvalue weighted by Gasteiger charge is 2.16. The van der Waals surface area contributed by atoms with E-state index in [4.69, 9.17) is 14.2 Å². The van der Waals surface area contributed by atoms with Crippen molar-refractivity contribution >= 4 is 6.08 Å². The van der Waals surface area contributed by atoms with Crippen LogP contribution in [0.15, 0.2) is 48.5 Å². The molecule has 1 aliphatic rings. The number of allylic oxidation sites excluding steroid dienone is 1. The van der Waals surface area contributed by atoms with Gasteiger partial charge in [0.25, 0.3) is 0 Å². The molecule has 0 radical (unpaired) electrons. The van der Waals surface area contributed by atoms with Gasteiger partial charge in [0, 0.05) is 13.1 Å². The van der Waals surface area contributed by atoms with Crippen molar-refractivity contribution in [2.75, 3.05) is 13.2 Å². The van der Waals surface area contributed by atoms with E-state index in [-0.39, 0.29) is 6.10 Å². The fraction of sp³-hybridized carbons (Fsp3) is 0.462. The molecule has 1 fully saturated rings. The number of hydrogen-bond donors (Lipinski definition) is 1. The van der Waals surface area contributed by atoms with Crippen LogP contribution in [0.1, 0.15) is 57.6 Å². The minimum atomic E-state index is 0.108. The summed E-state index contributed by atoms with van der Waals surface area (Å²) in [4.78, 5) is 0. The first-order valence-electron chi connectivity index (χ1n) is 11.2. The Labute approximate surface area is 181 Å². The highest BCUT2D eigenvalue weighted by molar-refractivity contribution is 5.55. The molecule has 2 aromatic carbocycles. The van der Waals surface area contributed by atoms with Crippen LogP contribution in [-0.2, 0) is 6.54 Å². The fourth-order valence-corrected chi connectivity index (χ4v) is 3.68. The van der Waals surface area contributed by atoms with E-state index >= 15 is 0 Å². The van der Waals surface area contributed by atoms with Gasteiger partial charge in [-0.15, -0.1) is 0 Å². The van der Waals surface area contributed by atoms with Gasteiger partial charge in [0.2, 0.25) is 0 Å². The fourth-order valence-electron chi connectivity index (χ4n) is 3.68. The number of nitrogens with one attached hydrogen (secondary N) is 1. The molecule has 1 aliphatic carbocycles. The molecule has 0 unspecified atom stereocenters. The molecule has 3 rings (SSSR count). The second kappa shape index (κ2) is 11.7. The van der Waals surface area contributed by atoms with Gasteiger partial charge in [-0.3, -0.25) is 0 Å². The largest absolute Gasteiger partial charge is 0.490 e. The smallest absolute Gasteiger partial charge is 0.161 e.